The highest BCUT2D eigenvalue weighted by Gasteiger charge is 2.23. The summed E-state index contributed by atoms with van der Waals surface area (Å²) in [7, 11) is 0. The van der Waals surface area contributed by atoms with Crippen molar-refractivity contribution in [1.29, 1.82) is 0 Å². The van der Waals surface area contributed by atoms with Crippen LogP contribution in [0.25, 0.3) is 0 Å². The van der Waals surface area contributed by atoms with E-state index in [0.717, 1.165) is 5.56 Å². The summed E-state index contributed by atoms with van der Waals surface area (Å²) in [4.78, 5) is 37.6. The van der Waals surface area contributed by atoms with Gasteiger partial charge in [0.15, 0.2) is 6.61 Å². The zero-order valence-electron chi connectivity index (χ0n) is 16.6. The molecule has 170 valence electrons. The molecule has 0 saturated carbocycles. The Morgan fingerprint density at radius 2 is 1.24 bits per heavy atom. The van der Waals surface area contributed by atoms with E-state index in [1.54, 1.807) is 12.1 Å². The van der Waals surface area contributed by atoms with Gasteiger partial charge in [-0.3, -0.25) is 9.59 Å². The summed E-state index contributed by atoms with van der Waals surface area (Å²) in [5.74, 6) is -1.34. The Morgan fingerprint density at radius 1 is 0.758 bits per heavy atom. The zero-order chi connectivity index (χ0) is 24.1. The van der Waals surface area contributed by atoms with E-state index >= 15 is 0 Å². The number of esters is 1. The quantitative estimate of drug-likeness (QED) is 0.129. The maximum atomic E-state index is 12.8. The van der Waals surface area contributed by atoms with Crippen molar-refractivity contribution in [2.75, 3.05) is 6.61 Å². The van der Waals surface area contributed by atoms with Crippen LogP contribution in [-0.2, 0) is 16.1 Å². The van der Waals surface area contributed by atoms with E-state index in [1.807, 2.05) is 121 Å². The van der Waals surface area contributed by atoms with Gasteiger partial charge in [0.05, 0.1) is 14.3 Å². The van der Waals surface area contributed by atoms with Gasteiger partial charge in [-0.05, 0) is 120 Å². The Kier molecular flexibility index (Phi) is 9.75. The van der Waals surface area contributed by atoms with Gasteiger partial charge in [0, 0.05) is 11.1 Å². The fourth-order valence-corrected chi connectivity index (χ4v) is 6.55. The third kappa shape index (κ3) is 7.00. The van der Waals surface area contributed by atoms with Crippen LogP contribution in [0.15, 0.2) is 54.6 Å². The molecule has 0 aliphatic heterocycles. The van der Waals surface area contributed by atoms with Crippen LogP contribution < -0.4 is 4.74 Å². The minimum Gasteiger partial charge on any atom is -0.506 e. The van der Waals surface area contributed by atoms with E-state index in [9.17, 15) is 19.5 Å². The van der Waals surface area contributed by atoms with Crippen LogP contribution >= 0.6 is 90.4 Å². The number of carbonyl (C=O) groups is 3. The lowest BCUT2D eigenvalue weighted by molar-refractivity contribution is -0.147. The van der Waals surface area contributed by atoms with Crippen LogP contribution in [0.1, 0.15) is 26.3 Å². The lowest BCUT2D eigenvalue weighted by Gasteiger charge is -2.12. The van der Waals surface area contributed by atoms with E-state index in [2.05, 4.69) is 0 Å². The average Bonchev–Trinajstić information content (AvgIpc) is 2.79. The van der Waals surface area contributed by atoms with E-state index in [-0.39, 0.29) is 30.1 Å². The molecule has 3 rings (SSSR count). The molecule has 3 aromatic rings. The predicted octanol–water partition coefficient (Wildman–Crippen LogP) is 6.00. The molecule has 0 fully saturated rings. The maximum absolute atomic E-state index is 12.8. The monoisotopic (exact) mass is 894 g/mol. The second kappa shape index (κ2) is 12.1. The van der Waals surface area contributed by atoms with Gasteiger partial charge in [-0.15, -0.1) is 0 Å². The topological polar surface area (TPSA) is 89.9 Å². The standard InChI is InChI=1S/C23H14I4O6/c24-15-6-13(7-16(25)22(15)31)20(29)21(30)14-8-17(26)23(18(27)9-14)33-11-19(28)32-10-12-4-2-1-3-5-12/h1-9,31H,10-11H2. The highest BCUT2D eigenvalue weighted by Crippen LogP contribution is 2.31. The van der Waals surface area contributed by atoms with Gasteiger partial charge in [-0.1, -0.05) is 30.3 Å². The summed E-state index contributed by atoms with van der Waals surface area (Å²) in [6, 6.07) is 15.4. The first-order valence-electron chi connectivity index (χ1n) is 9.25. The molecule has 0 aliphatic carbocycles. The second-order valence-electron chi connectivity index (χ2n) is 6.65. The van der Waals surface area contributed by atoms with Gasteiger partial charge in [0.25, 0.3) is 0 Å². The van der Waals surface area contributed by atoms with Gasteiger partial charge >= 0.3 is 5.97 Å². The van der Waals surface area contributed by atoms with Crippen molar-refractivity contribution in [3.63, 3.8) is 0 Å². The minimum atomic E-state index is -0.671. The maximum Gasteiger partial charge on any atom is 0.344 e. The molecule has 1 N–H and O–H groups in total. The molecule has 3 aromatic carbocycles. The van der Waals surface area contributed by atoms with Crippen LogP contribution in [0, 0.1) is 14.3 Å². The van der Waals surface area contributed by atoms with Crippen LogP contribution in [0.2, 0.25) is 0 Å². The number of phenols is 1. The summed E-state index contributed by atoms with van der Waals surface area (Å²) < 4.78 is 13.0. The summed E-state index contributed by atoms with van der Waals surface area (Å²) >= 11 is 7.81. The highest BCUT2D eigenvalue weighted by atomic mass is 127. The molecule has 0 unspecified atom stereocenters. The molecule has 0 amide bonds. The van der Waals surface area contributed by atoms with Crippen molar-refractivity contribution in [2.45, 2.75) is 6.61 Å². The number of hydrogen-bond acceptors (Lipinski definition) is 6. The molecule has 0 atom stereocenters. The first kappa shape index (κ1) is 26.6. The highest BCUT2D eigenvalue weighted by molar-refractivity contribution is 14.1. The van der Waals surface area contributed by atoms with Crippen molar-refractivity contribution in [1.82, 2.24) is 0 Å². The largest absolute Gasteiger partial charge is 0.506 e. The number of phenolic OH excluding ortho intramolecular Hbond substituents is 1. The summed E-state index contributed by atoms with van der Waals surface area (Å²) in [6.07, 6.45) is 0. The Morgan fingerprint density at radius 3 is 1.76 bits per heavy atom. The molecule has 6 nitrogen and oxygen atoms in total. The first-order valence-corrected chi connectivity index (χ1v) is 13.6. The predicted molar refractivity (Wildman–Crippen MR) is 156 cm³/mol. The van der Waals surface area contributed by atoms with Crippen LogP contribution in [0.3, 0.4) is 0 Å². The number of hydrogen-bond donors (Lipinski definition) is 1. The van der Waals surface area contributed by atoms with Crippen molar-refractivity contribution in [3.05, 3.63) is 85.6 Å². The molecular weight excluding hydrogens is 880 g/mol. The average molecular weight is 894 g/mol. The van der Waals surface area contributed by atoms with Crippen LogP contribution in [0.5, 0.6) is 11.5 Å². The van der Waals surface area contributed by atoms with Crippen LogP contribution in [-0.4, -0.2) is 29.2 Å². The molecule has 10 heteroatoms. The number of ketones is 2. The molecule has 0 aliphatic rings. The van der Waals surface area contributed by atoms with Gasteiger partial charge in [0.1, 0.15) is 18.1 Å². The summed E-state index contributed by atoms with van der Waals surface area (Å²) in [6.45, 7) is -0.128. The van der Waals surface area contributed by atoms with Gasteiger partial charge in [0.2, 0.25) is 11.6 Å². The molecule has 0 radical (unpaired) electrons. The van der Waals surface area contributed by atoms with Crippen molar-refractivity contribution < 1.29 is 29.0 Å². The van der Waals surface area contributed by atoms with Crippen molar-refractivity contribution in [2.24, 2.45) is 0 Å². The fraction of sp³-hybridized carbons (Fsp3) is 0.0870. The number of ether oxygens (including phenoxy) is 2. The lowest BCUT2D eigenvalue weighted by Crippen LogP contribution is -2.17. The normalized spacial score (nSPS) is 10.5. The van der Waals surface area contributed by atoms with Crippen LogP contribution in [0.4, 0.5) is 0 Å². The van der Waals surface area contributed by atoms with Gasteiger partial charge in [-0.2, -0.15) is 0 Å². The number of carbonyl (C=O) groups excluding carboxylic acids is 3. The molecular formula is C23H14I4O6. The number of halogens is 4. The summed E-state index contributed by atoms with van der Waals surface area (Å²) in [5, 5.41) is 9.89. The zero-order valence-corrected chi connectivity index (χ0v) is 25.2. The summed E-state index contributed by atoms with van der Waals surface area (Å²) in [5.41, 5.74) is 1.30. The number of benzene rings is 3. The first-order chi connectivity index (χ1) is 15.7. The smallest absolute Gasteiger partial charge is 0.344 e. The van der Waals surface area contributed by atoms with E-state index < -0.39 is 17.5 Å². The van der Waals surface area contributed by atoms with E-state index in [0.29, 0.717) is 20.0 Å². The molecule has 0 spiro atoms. The van der Waals surface area contributed by atoms with Crippen molar-refractivity contribution >= 4 is 108 Å². The van der Waals surface area contributed by atoms with E-state index in [1.165, 1.54) is 12.1 Å². The lowest BCUT2D eigenvalue weighted by atomic mass is 10.0. The SMILES string of the molecule is O=C(COc1c(I)cc(C(=O)C(=O)c2cc(I)c(O)c(I)c2)cc1I)OCc1ccccc1. The third-order valence-corrected chi connectivity index (χ3v) is 7.57. The third-order valence-electron chi connectivity index (χ3n) is 4.32. The Hall–Kier alpha value is -1.01. The Balaban J connectivity index is 1.68. The van der Waals surface area contributed by atoms with Gasteiger partial charge < -0.3 is 14.6 Å². The Bertz CT molecular complexity index is 1180. The fourth-order valence-electron chi connectivity index (χ4n) is 2.70. The van der Waals surface area contributed by atoms with Gasteiger partial charge in [-0.25, -0.2) is 4.79 Å². The molecule has 0 saturated heterocycles. The minimum absolute atomic E-state index is 0.0769. The molecule has 0 aromatic heterocycles. The molecule has 33 heavy (non-hydrogen) atoms. The molecule has 0 bridgehead atoms. The number of Topliss-reactive ketones (excluding diaryl/α,β-unsaturated/α-hetero) is 2. The van der Waals surface area contributed by atoms with E-state index in [4.69, 9.17) is 9.47 Å². The number of aromatic hydroxyl groups is 1. The van der Waals surface area contributed by atoms with Crippen molar-refractivity contribution in [3.8, 4) is 11.5 Å². The second-order valence-corrected chi connectivity index (χ2v) is 11.3. The number of rotatable bonds is 8. The molecule has 0 heterocycles. The Labute approximate surface area is 244 Å².